The summed E-state index contributed by atoms with van der Waals surface area (Å²) in [7, 11) is 0. The molecule has 0 aliphatic carbocycles. The lowest BCUT2D eigenvalue weighted by Crippen LogP contribution is -2.63. The minimum atomic E-state index is -1.49. The van der Waals surface area contributed by atoms with Crippen LogP contribution in [0.1, 0.15) is 116 Å². The highest BCUT2D eigenvalue weighted by Crippen LogP contribution is 2.20. The van der Waals surface area contributed by atoms with Crippen molar-refractivity contribution in [2.24, 2.45) is 5.73 Å². The van der Waals surface area contributed by atoms with Gasteiger partial charge in [0.25, 0.3) is 0 Å². The van der Waals surface area contributed by atoms with E-state index >= 15 is 0 Å². The van der Waals surface area contributed by atoms with E-state index in [0.717, 1.165) is 32.1 Å². The Kier molecular flexibility index (Phi) is 20.6. The van der Waals surface area contributed by atoms with Crippen LogP contribution in [-0.2, 0) is 14.3 Å². The predicted molar refractivity (Wildman–Crippen MR) is 147 cm³/mol. The van der Waals surface area contributed by atoms with Crippen LogP contribution in [0.5, 0.6) is 0 Å². The summed E-state index contributed by atoms with van der Waals surface area (Å²) >= 11 is 0. The third-order valence-corrected chi connectivity index (χ3v) is 7.22. The highest BCUT2D eigenvalue weighted by Gasteiger charge is 2.43. The first-order valence-corrected chi connectivity index (χ1v) is 15.0. The third-order valence-electron chi connectivity index (χ3n) is 7.22. The lowest BCUT2D eigenvalue weighted by Gasteiger charge is -2.40. The zero-order chi connectivity index (χ0) is 28.0. The fourth-order valence-electron chi connectivity index (χ4n) is 4.80. The van der Waals surface area contributed by atoms with Gasteiger partial charge in [-0.15, -0.1) is 0 Å². The van der Waals surface area contributed by atoms with E-state index in [1.807, 2.05) is 0 Å². The van der Waals surface area contributed by atoms with Crippen molar-refractivity contribution in [1.82, 2.24) is 10.6 Å². The van der Waals surface area contributed by atoms with Gasteiger partial charge in [0.2, 0.25) is 11.8 Å². The molecule has 1 rings (SSSR count). The van der Waals surface area contributed by atoms with Gasteiger partial charge in [-0.05, 0) is 12.8 Å². The average Bonchev–Trinajstić information content (AvgIpc) is 2.91. The molecule has 0 saturated carbocycles. The van der Waals surface area contributed by atoms with Crippen molar-refractivity contribution in [2.45, 2.75) is 146 Å². The van der Waals surface area contributed by atoms with Crippen LogP contribution in [0.3, 0.4) is 0 Å². The molecule has 38 heavy (non-hydrogen) atoms. The number of hydrogen-bond acceptors (Lipinski definition) is 8. The predicted octanol–water partition coefficient (Wildman–Crippen LogP) is 2.00. The summed E-state index contributed by atoms with van der Waals surface area (Å²) in [5.41, 5.74) is 5.37. The van der Waals surface area contributed by atoms with E-state index in [-0.39, 0.29) is 11.8 Å². The van der Waals surface area contributed by atoms with Crippen molar-refractivity contribution >= 4 is 11.8 Å². The molecule has 5 atom stereocenters. The molecule has 0 radical (unpaired) electrons. The zero-order valence-corrected chi connectivity index (χ0v) is 23.3. The molecule has 1 aliphatic rings. The molecule has 0 bridgehead atoms. The molecule has 224 valence electrons. The second kappa shape index (κ2) is 22.5. The fourth-order valence-corrected chi connectivity index (χ4v) is 4.80. The van der Waals surface area contributed by atoms with Gasteiger partial charge in [0.15, 0.2) is 6.23 Å². The number of unbranched alkanes of at least 4 members (excludes halogenated alkanes) is 15. The quantitative estimate of drug-likeness (QED) is 0.0954. The number of ether oxygens (including phenoxy) is 1. The molecule has 0 spiro atoms. The van der Waals surface area contributed by atoms with Crippen LogP contribution in [0.15, 0.2) is 0 Å². The summed E-state index contributed by atoms with van der Waals surface area (Å²) in [5.74, 6) is -0.162. The van der Waals surface area contributed by atoms with Gasteiger partial charge in [0, 0.05) is 25.9 Å². The van der Waals surface area contributed by atoms with Crippen molar-refractivity contribution in [2.75, 3.05) is 19.7 Å². The van der Waals surface area contributed by atoms with Gasteiger partial charge < -0.3 is 41.5 Å². The number of carbonyl (C=O) groups excluding carboxylic acids is 2. The smallest absolute Gasteiger partial charge is 0.222 e. The summed E-state index contributed by atoms with van der Waals surface area (Å²) in [6.45, 7) is 0.553. The van der Waals surface area contributed by atoms with E-state index in [9.17, 15) is 30.0 Å². The summed E-state index contributed by atoms with van der Waals surface area (Å²) in [6.07, 6.45) is 13.2. The van der Waals surface area contributed by atoms with E-state index in [2.05, 4.69) is 10.6 Å². The van der Waals surface area contributed by atoms with Crippen LogP contribution in [0.2, 0.25) is 0 Å². The standard InChI is InChI=1S/C28H55N3O7/c29-19-20-30-23(33)17-15-13-11-9-7-5-3-1-2-4-6-8-10-12-14-16-18-24(34)31-28-27(37)26(36)25(35)22(21-32)38-28/h22,25-28,32,35-37H,1-21,29H2,(H,30,33)(H,31,34)/t22-,25-,26+,27-,28-/m1/s1. The van der Waals surface area contributed by atoms with Gasteiger partial charge in [0.1, 0.15) is 24.4 Å². The molecule has 1 heterocycles. The summed E-state index contributed by atoms with van der Waals surface area (Å²) in [4.78, 5) is 23.6. The average molecular weight is 546 g/mol. The van der Waals surface area contributed by atoms with Gasteiger partial charge in [-0.25, -0.2) is 0 Å². The van der Waals surface area contributed by atoms with E-state index in [0.29, 0.717) is 25.9 Å². The van der Waals surface area contributed by atoms with Crippen molar-refractivity contribution in [3.05, 3.63) is 0 Å². The van der Waals surface area contributed by atoms with Gasteiger partial charge in [-0.1, -0.05) is 89.9 Å². The number of aliphatic hydroxyl groups excluding tert-OH is 4. The third kappa shape index (κ3) is 16.0. The van der Waals surface area contributed by atoms with Crippen molar-refractivity contribution in [3.63, 3.8) is 0 Å². The Balaban J connectivity index is 1.84. The van der Waals surface area contributed by atoms with Crippen LogP contribution in [0.25, 0.3) is 0 Å². The van der Waals surface area contributed by atoms with E-state index in [1.54, 1.807) is 0 Å². The zero-order valence-electron chi connectivity index (χ0n) is 23.3. The number of carbonyl (C=O) groups is 2. The normalized spacial score (nSPS) is 23.3. The molecule has 1 fully saturated rings. The minimum Gasteiger partial charge on any atom is -0.394 e. The van der Waals surface area contributed by atoms with E-state index < -0.39 is 37.3 Å². The number of amides is 2. The maximum absolute atomic E-state index is 12.1. The molecule has 0 aromatic carbocycles. The molecule has 10 heteroatoms. The van der Waals surface area contributed by atoms with Gasteiger partial charge >= 0.3 is 0 Å². The van der Waals surface area contributed by atoms with E-state index in [4.69, 9.17) is 10.5 Å². The van der Waals surface area contributed by atoms with Crippen LogP contribution >= 0.6 is 0 Å². The van der Waals surface area contributed by atoms with Crippen molar-refractivity contribution in [1.29, 1.82) is 0 Å². The first-order valence-electron chi connectivity index (χ1n) is 15.0. The molecule has 10 nitrogen and oxygen atoms in total. The number of nitrogens with one attached hydrogen (secondary N) is 2. The van der Waals surface area contributed by atoms with Crippen LogP contribution < -0.4 is 16.4 Å². The maximum atomic E-state index is 12.1. The Morgan fingerprint density at radius 3 is 1.47 bits per heavy atom. The molecular formula is C28H55N3O7. The lowest BCUT2D eigenvalue weighted by atomic mass is 9.98. The highest BCUT2D eigenvalue weighted by molar-refractivity contribution is 5.76. The fraction of sp³-hybridized carbons (Fsp3) is 0.929. The largest absolute Gasteiger partial charge is 0.394 e. The second-order valence-electron chi connectivity index (χ2n) is 10.6. The Bertz CT molecular complexity index is 609. The SMILES string of the molecule is NCCNC(=O)CCCCCCCCCCCCCCCCCCC(=O)N[C@@H]1O[C@H](CO)[C@@H](O)[C@H](O)[C@H]1O. The molecule has 0 aromatic rings. The molecule has 0 aromatic heterocycles. The summed E-state index contributed by atoms with van der Waals surface area (Å²) in [6, 6.07) is 0. The second-order valence-corrected chi connectivity index (χ2v) is 10.6. The Hall–Kier alpha value is -1.30. The first kappa shape index (κ1) is 34.7. The van der Waals surface area contributed by atoms with Crippen LogP contribution in [-0.4, -0.2) is 82.6 Å². The number of rotatable bonds is 23. The minimum absolute atomic E-state index is 0.118. The molecule has 1 aliphatic heterocycles. The monoisotopic (exact) mass is 545 g/mol. The Labute approximate surface area is 229 Å². The van der Waals surface area contributed by atoms with E-state index in [1.165, 1.54) is 70.6 Å². The van der Waals surface area contributed by atoms with Crippen molar-refractivity contribution < 1.29 is 34.8 Å². The summed E-state index contributed by atoms with van der Waals surface area (Å²) < 4.78 is 5.30. The van der Waals surface area contributed by atoms with Gasteiger partial charge in [0.05, 0.1) is 6.61 Å². The molecule has 1 saturated heterocycles. The highest BCUT2D eigenvalue weighted by atomic mass is 16.6. The number of hydrogen-bond donors (Lipinski definition) is 7. The van der Waals surface area contributed by atoms with Gasteiger partial charge in [-0.3, -0.25) is 9.59 Å². The first-order chi connectivity index (χ1) is 18.4. The molecular weight excluding hydrogens is 490 g/mol. The molecule has 2 amide bonds. The lowest BCUT2D eigenvalue weighted by molar-refractivity contribution is -0.236. The van der Waals surface area contributed by atoms with Gasteiger partial charge in [-0.2, -0.15) is 0 Å². The summed E-state index contributed by atoms with van der Waals surface area (Å²) in [5, 5.41) is 44.1. The topological polar surface area (TPSA) is 174 Å². The number of nitrogens with two attached hydrogens (primary N) is 1. The van der Waals surface area contributed by atoms with Crippen LogP contribution in [0, 0.1) is 0 Å². The number of aliphatic hydroxyl groups is 4. The van der Waals surface area contributed by atoms with Crippen molar-refractivity contribution in [3.8, 4) is 0 Å². The Morgan fingerprint density at radius 2 is 1.05 bits per heavy atom. The molecule has 0 unspecified atom stereocenters. The Morgan fingerprint density at radius 1 is 0.632 bits per heavy atom. The molecule has 8 N–H and O–H groups in total. The maximum Gasteiger partial charge on any atom is 0.222 e. The van der Waals surface area contributed by atoms with Crippen LogP contribution in [0.4, 0.5) is 0 Å².